The second kappa shape index (κ2) is 11.1. The van der Waals surface area contributed by atoms with Gasteiger partial charge in [-0.25, -0.2) is 4.79 Å². The first kappa shape index (κ1) is 23.0. The number of fused-ring (bicyclic) bond motifs is 1. The number of carbonyl (C=O) groups is 1. The summed E-state index contributed by atoms with van der Waals surface area (Å²) >= 11 is 0. The standard InChI is InChI=1S/C20H32N6O5/c1-3-4-11-31-19-23-16(21)15-17(24-19)26(20(28)22-15)10-13-30-12-9-25-7-5-14(6-8-25)18(27)29-2/h14H,3-13H2,1-2H3,(H,22,28)(H2,21,23,24). The molecule has 2 aromatic rings. The Balaban J connectivity index is 1.48. The lowest BCUT2D eigenvalue weighted by atomic mass is 9.97. The molecule has 1 fully saturated rings. The van der Waals surface area contributed by atoms with Gasteiger partial charge in [-0.3, -0.25) is 9.36 Å². The number of imidazole rings is 1. The van der Waals surface area contributed by atoms with Gasteiger partial charge >= 0.3 is 17.7 Å². The van der Waals surface area contributed by atoms with Crippen molar-refractivity contribution in [1.29, 1.82) is 0 Å². The Morgan fingerprint density at radius 3 is 2.65 bits per heavy atom. The maximum atomic E-state index is 12.3. The van der Waals surface area contributed by atoms with Gasteiger partial charge in [-0.05, 0) is 32.4 Å². The highest BCUT2D eigenvalue weighted by atomic mass is 16.5. The van der Waals surface area contributed by atoms with Crippen LogP contribution in [0, 0.1) is 5.92 Å². The Morgan fingerprint density at radius 2 is 1.94 bits per heavy atom. The molecule has 1 aliphatic heterocycles. The lowest BCUT2D eigenvalue weighted by molar-refractivity contribution is -0.147. The van der Waals surface area contributed by atoms with Gasteiger partial charge in [0.25, 0.3) is 0 Å². The first-order valence-electron chi connectivity index (χ1n) is 10.8. The van der Waals surface area contributed by atoms with Crippen LogP contribution in [0.3, 0.4) is 0 Å². The molecule has 0 radical (unpaired) electrons. The van der Waals surface area contributed by atoms with Gasteiger partial charge < -0.3 is 29.8 Å². The largest absolute Gasteiger partial charge is 0.469 e. The van der Waals surface area contributed by atoms with Crippen LogP contribution < -0.4 is 16.2 Å². The second-order valence-electron chi connectivity index (χ2n) is 7.63. The van der Waals surface area contributed by atoms with Crippen molar-refractivity contribution in [2.75, 3.05) is 52.3 Å². The number of aromatic nitrogens is 4. The molecule has 172 valence electrons. The van der Waals surface area contributed by atoms with E-state index in [0.717, 1.165) is 45.3 Å². The van der Waals surface area contributed by atoms with Crippen molar-refractivity contribution in [3.05, 3.63) is 10.5 Å². The molecule has 1 saturated heterocycles. The number of rotatable bonds is 11. The summed E-state index contributed by atoms with van der Waals surface area (Å²) in [6.45, 7) is 6.29. The van der Waals surface area contributed by atoms with Crippen molar-refractivity contribution >= 4 is 23.0 Å². The predicted octanol–water partition coefficient (Wildman–Crippen LogP) is 0.782. The molecule has 0 amide bonds. The number of hydrogen-bond donors (Lipinski definition) is 2. The van der Waals surface area contributed by atoms with Crippen molar-refractivity contribution in [3.8, 4) is 6.01 Å². The van der Waals surface area contributed by atoms with E-state index in [1.165, 1.54) is 11.7 Å². The van der Waals surface area contributed by atoms with Gasteiger partial charge in [-0.1, -0.05) is 13.3 Å². The number of nitrogens with zero attached hydrogens (tertiary/aromatic N) is 4. The molecule has 1 aliphatic rings. The smallest absolute Gasteiger partial charge is 0.327 e. The van der Waals surface area contributed by atoms with Crippen LogP contribution in [0.2, 0.25) is 0 Å². The third-order valence-electron chi connectivity index (χ3n) is 5.49. The number of aromatic amines is 1. The van der Waals surface area contributed by atoms with Gasteiger partial charge in [-0.15, -0.1) is 0 Å². The van der Waals surface area contributed by atoms with E-state index in [9.17, 15) is 9.59 Å². The van der Waals surface area contributed by atoms with E-state index in [0.29, 0.717) is 37.5 Å². The summed E-state index contributed by atoms with van der Waals surface area (Å²) in [6.07, 6.45) is 3.49. The Kier molecular flexibility index (Phi) is 8.24. The number of methoxy groups -OCH3 is 1. The van der Waals surface area contributed by atoms with Gasteiger partial charge in [0.1, 0.15) is 5.52 Å². The number of H-pyrrole nitrogens is 1. The fourth-order valence-corrected chi connectivity index (χ4v) is 3.62. The third-order valence-corrected chi connectivity index (χ3v) is 5.49. The molecule has 0 bridgehead atoms. The fourth-order valence-electron chi connectivity index (χ4n) is 3.62. The average Bonchev–Trinajstić information content (AvgIpc) is 3.09. The second-order valence-corrected chi connectivity index (χ2v) is 7.63. The molecule has 3 heterocycles. The van der Waals surface area contributed by atoms with Crippen LogP contribution in [0.5, 0.6) is 6.01 Å². The summed E-state index contributed by atoms with van der Waals surface area (Å²) in [6, 6.07) is 0.169. The van der Waals surface area contributed by atoms with Crippen LogP contribution in [0.15, 0.2) is 4.79 Å². The molecule has 3 N–H and O–H groups in total. The van der Waals surface area contributed by atoms with E-state index in [2.05, 4.69) is 26.8 Å². The Bertz CT molecular complexity index is 919. The average molecular weight is 437 g/mol. The van der Waals surface area contributed by atoms with E-state index in [4.69, 9.17) is 19.9 Å². The zero-order valence-electron chi connectivity index (χ0n) is 18.3. The van der Waals surface area contributed by atoms with E-state index in [-0.39, 0.29) is 29.4 Å². The molecule has 3 rings (SSSR count). The minimum Gasteiger partial charge on any atom is -0.469 e. The predicted molar refractivity (Wildman–Crippen MR) is 115 cm³/mol. The number of nitrogens with two attached hydrogens (primary N) is 1. The topological polar surface area (TPSA) is 138 Å². The first-order chi connectivity index (χ1) is 15.0. The van der Waals surface area contributed by atoms with Crippen LogP contribution in [0.1, 0.15) is 32.6 Å². The normalized spacial score (nSPS) is 15.4. The Morgan fingerprint density at radius 1 is 1.19 bits per heavy atom. The van der Waals surface area contributed by atoms with Crippen molar-refractivity contribution < 1.29 is 19.0 Å². The van der Waals surface area contributed by atoms with E-state index < -0.39 is 0 Å². The third kappa shape index (κ3) is 5.95. The minimum atomic E-state index is -0.310. The number of hydrogen-bond acceptors (Lipinski definition) is 9. The van der Waals surface area contributed by atoms with Crippen molar-refractivity contribution in [1.82, 2.24) is 24.4 Å². The monoisotopic (exact) mass is 436 g/mol. The number of ether oxygens (including phenoxy) is 3. The summed E-state index contributed by atoms with van der Waals surface area (Å²) in [5, 5.41) is 0. The Hall–Kier alpha value is -2.66. The highest BCUT2D eigenvalue weighted by Crippen LogP contribution is 2.19. The molecular formula is C20H32N6O5. The fraction of sp³-hybridized carbons (Fsp3) is 0.700. The Labute approximate surface area is 180 Å². The van der Waals surface area contributed by atoms with Gasteiger partial charge in [0.05, 0.1) is 39.4 Å². The first-order valence-corrected chi connectivity index (χ1v) is 10.8. The minimum absolute atomic E-state index is 0.00110. The number of nitrogens with one attached hydrogen (secondary N) is 1. The van der Waals surface area contributed by atoms with Gasteiger partial charge in [0, 0.05) is 6.54 Å². The SMILES string of the molecule is CCCCOc1nc(N)c2[nH]c(=O)n(CCOCCN3CCC(C(=O)OC)CC3)c2n1. The van der Waals surface area contributed by atoms with Crippen molar-refractivity contribution in [2.45, 2.75) is 39.2 Å². The highest BCUT2D eigenvalue weighted by molar-refractivity contribution is 5.81. The lowest BCUT2D eigenvalue weighted by Gasteiger charge is -2.30. The highest BCUT2D eigenvalue weighted by Gasteiger charge is 2.25. The van der Waals surface area contributed by atoms with Crippen molar-refractivity contribution in [2.24, 2.45) is 5.92 Å². The summed E-state index contributed by atoms with van der Waals surface area (Å²) in [5.74, 6) is 0.0632. The number of piperidine rings is 1. The number of anilines is 1. The summed E-state index contributed by atoms with van der Waals surface area (Å²) in [4.78, 5) is 37.3. The number of carbonyl (C=O) groups excluding carboxylic acids is 1. The molecular weight excluding hydrogens is 404 g/mol. The molecule has 31 heavy (non-hydrogen) atoms. The van der Waals surface area contributed by atoms with Crippen LogP contribution in [-0.4, -0.2) is 77.0 Å². The van der Waals surface area contributed by atoms with Crippen LogP contribution >= 0.6 is 0 Å². The summed E-state index contributed by atoms with van der Waals surface area (Å²) in [7, 11) is 1.43. The molecule has 2 aromatic heterocycles. The quantitative estimate of drug-likeness (QED) is 0.386. The van der Waals surface area contributed by atoms with Crippen LogP contribution in [0.25, 0.3) is 11.2 Å². The van der Waals surface area contributed by atoms with Crippen LogP contribution in [-0.2, 0) is 20.8 Å². The van der Waals surface area contributed by atoms with Gasteiger partial charge in [-0.2, -0.15) is 9.97 Å². The van der Waals surface area contributed by atoms with E-state index >= 15 is 0 Å². The number of likely N-dealkylation sites (tertiary alicyclic amines) is 1. The zero-order chi connectivity index (χ0) is 22.2. The molecule has 0 atom stereocenters. The summed E-state index contributed by atoms with van der Waals surface area (Å²) in [5.41, 5.74) is 6.47. The molecule has 0 spiro atoms. The molecule has 0 saturated carbocycles. The van der Waals surface area contributed by atoms with Gasteiger partial charge in [0.2, 0.25) is 0 Å². The molecule has 0 aromatic carbocycles. The zero-order valence-corrected chi connectivity index (χ0v) is 18.3. The molecule has 11 heteroatoms. The van der Waals surface area contributed by atoms with Crippen LogP contribution in [0.4, 0.5) is 5.82 Å². The van der Waals surface area contributed by atoms with E-state index in [1.807, 2.05) is 0 Å². The molecule has 0 unspecified atom stereocenters. The van der Waals surface area contributed by atoms with Crippen molar-refractivity contribution in [3.63, 3.8) is 0 Å². The lowest BCUT2D eigenvalue weighted by Crippen LogP contribution is -2.38. The molecule has 11 nitrogen and oxygen atoms in total. The molecule has 0 aliphatic carbocycles. The van der Waals surface area contributed by atoms with E-state index in [1.54, 1.807) is 0 Å². The maximum Gasteiger partial charge on any atom is 0.327 e. The summed E-state index contributed by atoms with van der Waals surface area (Å²) < 4.78 is 17.6. The maximum absolute atomic E-state index is 12.3. The van der Waals surface area contributed by atoms with Gasteiger partial charge in [0.15, 0.2) is 11.5 Å². The number of nitrogen functional groups attached to an aromatic ring is 1. The number of esters is 1. The number of unbranched alkanes of at least 4 members (excludes halogenated alkanes) is 1.